The molecule has 5 heteroatoms. The molecule has 172 valence electrons. The zero-order valence-corrected chi connectivity index (χ0v) is 19.8. The first-order valence-corrected chi connectivity index (χ1v) is 11.5. The van der Waals surface area contributed by atoms with Crippen LogP contribution in [-0.4, -0.2) is 24.6 Å². The van der Waals surface area contributed by atoms with E-state index in [1.807, 2.05) is 44.2 Å². The van der Waals surface area contributed by atoms with E-state index in [1.54, 1.807) is 12.1 Å². The fraction of sp³-hybridized carbons (Fsp3) is 0.481. The lowest BCUT2D eigenvalue weighted by atomic mass is 9.75. The standard InChI is InChI=1S/C27H35NO4/c1-17(2)21-14-13-18(3)15-25(21)32-26(29)16-31-27(30)22-10-6-7-11-24(22)28-23-12-8-9-19(4)20(23)5/h6-12,17-18,21,25,28H,13-16H2,1-5H3/t18-,21-,25+/m0/s1. The highest BCUT2D eigenvalue weighted by Gasteiger charge is 2.33. The van der Waals surface area contributed by atoms with Gasteiger partial charge in [0.2, 0.25) is 0 Å². The molecule has 5 nitrogen and oxygen atoms in total. The van der Waals surface area contributed by atoms with Crippen LogP contribution in [0.2, 0.25) is 0 Å². The lowest BCUT2D eigenvalue weighted by molar-refractivity contribution is -0.159. The van der Waals surface area contributed by atoms with E-state index in [1.165, 1.54) is 0 Å². The summed E-state index contributed by atoms with van der Waals surface area (Å²) in [6.07, 6.45) is 2.98. The second-order valence-corrected chi connectivity index (χ2v) is 9.35. The Labute approximate surface area is 191 Å². The first kappa shape index (κ1) is 23.8. The fourth-order valence-corrected chi connectivity index (χ4v) is 4.46. The van der Waals surface area contributed by atoms with Gasteiger partial charge in [-0.3, -0.25) is 0 Å². The minimum Gasteiger partial charge on any atom is -0.460 e. The van der Waals surface area contributed by atoms with Gasteiger partial charge in [-0.05, 0) is 73.8 Å². The molecule has 0 saturated heterocycles. The summed E-state index contributed by atoms with van der Waals surface area (Å²) in [6, 6.07) is 13.1. The number of anilines is 2. The molecule has 1 fully saturated rings. The van der Waals surface area contributed by atoms with Crippen molar-refractivity contribution in [2.24, 2.45) is 17.8 Å². The number of carbonyl (C=O) groups excluding carboxylic acids is 2. The molecule has 0 spiro atoms. The van der Waals surface area contributed by atoms with Gasteiger partial charge in [-0.15, -0.1) is 0 Å². The molecule has 0 unspecified atom stereocenters. The van der Waals surface area contributed by atoms with Crippen LogP contribution in [-0.2, 0) is 14.3 Å². The van der Waals surface area contributed by atoms with Crippen molar-refractivity contribution in [2.75, 3.05) is 11.9 Å². The Bertz CT molecular complexity index is 952. The zero-order chi connectivity index (χ0) is 23.3. The van der Waals surface area contributed by atoms with Crippen molar-refractivity contribution in [3.8, 4) is 0 Å². The summed E-state index contributed by atoms with van der Waals surface area (Å²) >= 11 is 0. The predicted molar refractivity (Wildman–Crippen MR) is 127 cm³/mol. The molecule has 3 rings (SSSR count). The highest BCUT2D eigenvalue weighted by molar-refractivity contribution is 5.97. The monoisotopic (exact) mass is 437 g/mol. The smallest absolute Gasteiger partial charge is 0.344 e. The summed E-state index contributed by atoms with van der Waals surface area (Å²) in [5, 5.41) is 3.32. The average Bonchev–Trinajstić information content (AvgIpc) is 2.75. The molecular weight excluding hydrogens is 402 g/mol. The van der Waals surface area contributed by atoms with E-state index in [0.29, 0.717) is 29.0 Å². The van der Waals surface area contributed by atoms with Gasteiger partial charge in [0.05, 0.1) is 11.3 Å². The molecule has 2 aromatic carbocycles. The number of aryl methyl sites for hydroxylation is 1. The summed E-state index contributed by atoms with van der Waals surface area (Å²) in [7, 11) is 0. The van der Waals surface area contributed by atoms with E-state index in [0.717, 1.165) is 36.1 Å². The molecule has 1 saturated carbocycles. The number of hydrogen-bond acceptors (Lipinski definition) is 5. The number of esters is 2. The molecule has 0 heterocycles. The van der Waals surface area contributed by atoms with Crippen molar-refractivity contribution in [1.29, 1.82) is 0 Å². The quantitative estimate of drug-likeness (QED) is 0.522. The maximum atomic E-state index is 12.8. The third-order valence-electron chi connectivity index (χ3n) is 6.59. The van der Waals surface area contributed by atoms with Crippen LogP contribution in [0.5, 0.6) is 0 Å². The summed E-state index contributed by atoms with van der Waals surface area (Å²) in [5.41, 5.74) is 4.22. The van der Waals surface area contributed by atoms with Gasteiger partial charge in [0.1, 0.15) is 6.10 Å². The molecule has 0 radical (unpaired) electrons. The molecule has 1 aliphatic rings. The first-order chi connectivity index (χ1) is 15.3. The van der Waals surface area contributed by atoms with Crippen LogP contribution in [0.1, 0.15) is 61.5 Å². The molecule has 32 heavy (non-hydrogen) atoms. The van der Waals surface area contributed by atoms with Crippen molar-refractivity contribution in [3.63, 3.8) is 0 Å². The summed E-state index contributed by atoms with van der Waals surface area (Å²) in [6.45, 7) is 10.2. The van der Waals surface area contributed by atoms with E-state index in [4.69, 9.17) is 9.47 Å². The lowest BCUT2D eigenvalue weighted by Gasteiger charge is -2.36. The van der Waals surface area contributed by atoms with E-state index in [-0.39, 0.29) is 12.7 Å². The number of para-hydroxylation sites is 1. The van der Waals surface area contributed by atoms with E-state index in [2.05, 4.69) is 26.1 Å². The van der Waals surface area contributed by atoms with E-state index >= 15 is 0 Å². The Morgan fingerprint density at radius 3 is 2.50 bits per heavy atom. The number of benzene rings is 2. The average molecular weight is 438 g/mol. The summed E-state index contributed by atoms with van der Waals surface area (Å²) < 4.78 is 11.1. The third kappa shape index (κ3) is 5.90. The predicted octanol–water partition coefficient (Wildman–Crippen LogP) is 6.21. The lowest BCUT2D eigenvalue weighted by Crippen LogP contribution is -2.36. The molecule has 2 aromatic rings. The molecule has 0 amide bonds. The topological polar surface area (TPSA) is 64.6 Å². The van der Waals surface area contributed by atoms with E-state index < -0.39 is 11.9 Å². The maximum Gasteiger partial charge on any atom is 0.344 e. The van der Waals surface area contributed by atoms with Crippen molar-refractivity contribution < 1.29 is 19.1 Å². The Hall–Kier alpha value is -2.82. The number of carbonyl (C=O) groups is 2. The molecular formula is C27H35NO4. The van der Waals surface area contributed by atoms with Crippen molar-refractivity contribution in [2.45, 2.75) is 60.0 Å². The van der Waals surface area contributed by atoms with Gasteiger partial charge in [-0.1, -0.05) is 51.5 Å². The number of nitrogens with one attached hydrogen (secondary N) is 1. The summed E-state index contributed by atoms with van der Waals surface area (Å²) in [5.74, 6) is 0.309. The number of rotatable bonds is 7. The normalized spacial score (nSPS) is 20.6. The molecule has 0 aliphatic heterocycles. The minimum atomic E-state index is -0.548. The fourth-order valence-electron chi connectivity index (χ4n) is 4.46. The van der Waals surface area contributed by atoms with Gasteiger partial charge in [0, 0.05) is 5.69 Å². The van der Waals surface area contributed by atoms with Gasteiger partial charge >= 0.3 is 11.9 Å². The van der Waals surface area contributed by atoms with Crippen LogP contribution in [0, 0.1) is 31.6 Å². The van der Waals surface area contributed by atoms with Crippen LogP contribution in [0.25, 0.3) is 0 Å². The second kappa shape index (κ2) is 10.7. The highest BCUT2D eigenvalue weighted by Crippen LogP contribution is 2.35. The van der Waals surface area contributed by atoms with Gasteiger partial charge in [0.25, 0.3) is 0 Å². The largest absolute Gasteiger partial charge is 0.460 e. The highest BCUT2D eigenvalue weighted by atomic mass is 16.6. The van der Waals surface area contributed by atoms with Crippen LogP contribution >= 0.6 is 0 Å². The van der Waals surface area contributed by atoms with Gasteiger partial charge < -0.3 is 14.8 Å². The SMILES string of the molecule is Cc1cccc(Nc2ccccc2C(=O)OCC(=O)O[C@@H]2C[C@@H](C)CC[C@H]2C(C)C)c1C. The first-order valence-electron chi connectivity index (χ1n) is 11.5. The van der Waals surface area contributed by atoms with Crippen LogP contribution in [0.4, 0.5) is 11.4 Å². The van der Waals surface area contributed by atoms with Crippen molar-refractivity contribution >= 4 is 23.3 Å². The van der Waals surface area contributed by atoms with Crippen LogP contribution in [0.3, 0.4) is 0 Å². The van der Waals surface area contributed by atoms with Crippen molar-refractivity contribution in [1.82, 2.24) is 0 Å². The Kier molecular flexibility index (Phi) is 7.94. The molecule has 1 N–H and O–H groups in total. The summed E-state index contributed by atoms with van der Waals surface area (Å²) in [4.78, 5) is 25.2. The Balaban J connectivity index is 1.62. The Morgan fingerprint density at radius 1 is 1.03 bits per heavy atom. The van der Waals surface area contributed by atoms with Crippen LogP contribution in [0.15, 0.2) is 42.5 Å². The Morgan fingerprint density at radius 2 is 1.75 bits per heavy atom. The number of hydrogen-bond donors (Lipinski definition) is 1. The third-order valence-corrected chi connectivity index (χ3v) is 6.59. The molecule has 0 bridgehead atoms. The molecule has 1 aliphatic carbocycles. The minimum absolute atomic E-state index is 0.108. The second-order valence-electron chi connectivity index (χ2n) is 9.35. The van der Waals surface area contributed by atoms with Crippen LogP contribution < -0.4 is 5.32 Å². The molecule has 0 aromatic heterocycles. The zero-order valence-electron chi connectivity index (χ0n) is 19.8. The van der Waals surface area contributed by atoms with Gasteiger partial charge in [-0.25, -0.2) is 9.59 Å². The van der Waals surface area contributed by atoms with Gasteiger partial charge in [0.15, 0.2) is 6.61 Å². The maximum absolute atomic E-state index is 12.8. The molecule has 3 atom stereocenters. The number of ether oxygens (including phenoxy) is 2. The van der Waals surface area contributed by atoms with Crippen molar-refractivity contribution in [3.05, 3.63) is 59.2 Å². The van der Waals surface area contributed by atoms with E-state index in [9.17, 15) is 9.59 Å². The van der Waals surface area contributed by atoms with Gasteiger partial charge in [-0.2, -0.15) is 0 Å².